The predicted octanol–water partition coefficient (Wildman–Crippen LogP) is 6.16. The average Bonchev–Trinajstić information content (AvgIpc) is 2.84. The van der Waals surface area contributed by atoms with Gasteiger partial charge in [0.2, 0.25) is 0 Å². The summed E-state index contributed by atoms with van der Waals surface area (Å²) in [4.78, 5) is 10.5. The van der Waals surface area contributed by atoms with Crippen molar-refractivity contribution < 1.29 is 27.1 Å². The maximum Gasteiger partial charge on any atom is 0.417 e. The molecule has 0 aliphatic rings. The Morgan fingerprint density at radius 1 is 0.743 bits per heavy atom. The van der Waals surface area contributed by atoms with Gasteiger partial charge >= 0.3 is 6.18 Å². The van der Waals surface area contributed by atoms with E-state index in [-0.39, 0.29) is 11.1 Å². The SMILES string of the molecule is CC[n+]1ccc(/C=C/c2c(C)c(C)c(/C=C/c3cc[n+](CCC=O)cc3)c(C)c2C(F)(F)F)cc1. The van der Waals surface area contributed by atoms with Crippen LogP contribution >= 0.6 is 0 Å². The zero-order chi connectivity index (χ0) is 25.6. The van der Waals surface area contributed by atoms with Crippen molar-refractivity contribution in [2.45, 2.75) is 53.4 Å². The van der Waals surface area contributed by atoms with Gasteiger partial charge in [-0.25, -0.2) is 9.13 Å². The molecule has 3 nitrogen and oxygen atoms in total. The summed E-state index contributed by atoms with van der Waals surface area (Å²) >= 11 is 0. The first kappa shape index (κ1) is 26.1. The van der Waals surface area contributed by atoms with Gasteiger partial charge in [-0.15, -0.1) is 0 Å². The molecule has 0 atom stereocenters. The standard InChI is InChI=1S/C29H31F3N2O/c1-5-33-16-11-25(12-17-33)8-10-27-22(3)21(2)26(23(4)28(27)29(30,31)32)9-7-24-13-18-34(19-14-24)15-6-20-35/h7-14,16-20H,5-6,15H2,1-4H3/q+2/b9-7+,10-8+. The second-order valence-electron chi connectivity index (χ2n) is 8.53. The third-order valence-corrected chi connectivity index (χ3v) is 6.29. The van der Waals surface area contributed by atoms with Gasteiger partial charge in [0, 0.05) is 24.3 Å². The summed E-state index contributed by atoms with van der Waals surface area (Å²) in [5, 5.41) is 0. The van der Waals surface area contributed by atoms with E-state index in [0.29, 0.717) is 24.1 Å². The fraction of sp³-hybridized carbons (Fsp3) is 0.276. The van der Waals surface area contributed by atoms with E-state index in [1.807, 2.05) is 78.1 Å². The Hall–Kier alpha value is -3.54. The summed E-state index contributed by atoms with van der Waals surface area (Å²) in [5.74, 6) is 0. The number of carbonyl (C=O) groups is 1. The Balaban J connectivity index is 2.01. The quantitative estimate of drug-likeness (QED) is 0.280. The molecule has 2 heterocycles. The van der Waals surface area contributed by atoms with Crippen LogP contribution in [0.3, 0.4) is 0 Å². The lowest BCUT2D eigenvalue weighted by Crippen LogP contribution is -2.32. The summed E-state index contributed by atoms with van der Waals surface area (Å²) in [6.07, 6.45) is 11.2. The molecule has 6 heteroatoms. The zero-order valence-electron chi connectivity index (χ0n) is 20.6. The van der Waals surface area contributed by atoms with Crippen LogP contribution in [0.2, 0.25) is 0 Å². The van der Waals surface area contributed by atoms with Crippen LogP contribution < -0.4 is 9.13 Å². The molecule has 0 saturated carbocycles. The van der Waals surface area contributed by atoms with Crippen LogP contribution in [0.1, 0.15) is 57.9 Å². The van der Waals surface area contributed by atoms with Crippen LogP contribution in [0.25, 0.3) is 24.3 Å². The first-order valence-electron chi connectivity index (χ1n) is 11.6. The maximum atomic E-state index is 14.2. The maximum absolute atomic E-state index is 14.2. The number of halogens is 3. The second kappa shape index (κ2) is 11.3. The first-order chi connectivity index (χ1) is 16.7. The van der Waals surface area contributed by atoms with Gasteiger partial charge in [-0.05, 0) is 66.6 Å². The molecule has 0 aliphatic heterocycles. The second-order valence-corrected chi connectivity index (χ2v) is 8.53. The predicted molar refractivity (Wildman–Crippen MR) is 133 cm³/mol. The van der Waals surface area contributed by atoms with Gasteiger partial charge in [-0.3, -0.25) is 0 Å². The summed E-state index contributed by atoms with van der Waals surface area (Å²) < 4.78 is 46.6. The lowest BCUT2D eigenvalue weighted by molar-refractivity contribution is -0.695. The Morgan fingerprint density at radius 2 is 1.23 bits per heavy atom. The number of aryl methyl sites for hydroxylation is 2. The van der Waals surface area contributed by atoms with Gasteiger partial charge in [-0.2, -0.15) is 13.2 Å². The van der Waals surface area contributed by atoms with Crippen LogP contribution in [0.5, 0.6) is 0 Å². The highest BCUT2D eigenvalue weighted by Crippen LogP contribution is 2.40. The molecule has 0 radical (unpaired) electrons. The van der Waals surface area contributed by atoms with Crippen LogP contribution in [0, 0.1) is 20.8 Å². The van der Waals surface area contributed by atoms with Gasteiger partial charge in [0.05, 0.1) is 12.0 Å². The average molecular weight is 481 g/mol. The molecule has 0 bridgehead atoms. The summed E-state index contributed by atoms with van der Waals surface area (Å²) in [5.41, 5.74) is 3.53. The largest absolute Gasteiger partial charge is 0.417 e. The topological polar surface area (TPSA) is 24.8 Å². The Bertz CT molecular complexity index is 1240. The molecule has 0 aliphatic carbocycles. The number of benzene rings is 1. The number of carbonyl (C=O) groups excluding carboxylic acids is 1. The van der Waals surface area contributed by atoms with E-state index in [1.54, 1.807) is 25.2 Å². The molecule has 0 spiro atoms. The van der Waals surface area contributed by atoms with E-state index < -0.39 is 11.7 Å². The van der Waals surface area contributed by atoms with Gasteiger partial charge in [0.1, 0.15) is 12.8 Å². The van der Waals surface area contributed by atoms with Crippen LogP contribution in [-0.2, 0) is 24.1 Å². The van der Waals surface area contributed by atoms with Crippen molar-refractivity contribution in [1.82, 2.24) is 0 Å². The number of aldehydes is 1. The Morgan fingerprint density at radius 3 is 1.71 bits per heavy atom. The molecule has 3 rings (SSSR count). The van der Waals surface area contributed by atoms with Crippen molar-refractivity contribution >= 4 is 30.6 Å². The van der Waals surface area contributed by atoms with E-state index >= 15 is 0 Å². The number of alkyl halides is 3. The van der Waals surface area contributed by atoms with E-state index in [0.717, 1.165) is 29.5 Å². The fourth-order valence-corrected chi connectivity index (χ4v) is 4.11. The minimum absolute atomic E-state index is 0.202. The molecule has 1 aromatic carbocycles. The number of hydrogen-bond donors (Lipinski definition) is 0. The summed E-state index contributed by atoms with van der Waals surface area (Å²) in [7, 11) is 0. The van der Waals surface area contributed by atoms with Crippen molar-refractivity contribution in [3.05, 3.63) is 93.6 Å². The zero-order valence-corrected chi connectivity index (χ0v) is 20.6. The van der Waals surface area contributed by atoms with Gasteiger partial charge in [0.25, 0.3) is 0 Å². The number of nitrogens with zero attached hydrogens (tertiary/aromatic N) is 2. The molecule has 0 unspecified atom stereocenters. The number of aromatic nitrogens is 2. The van der Waals surface area contributed by atoms with E-state index in [4.69, 9.17) is 0 Å². The van der Waals surface area contributed by atoms with Gasteiger partial charge in [-0.1, -0.05) is 24.3 Å². The van der Waals surface area contributed by atoms with Gasteiger partial charge < -0.3 is 4.79 Å². The third-order valence-electron chi connectivity index (χ3n) is 6.29. The van der Waals surface area contributed by atoms with Gasteiger partial charge in [0.15, 0.2) is 31.3 Å². The summed E-state index contributed by atoms with van der Waals surface area (Å²) in [6, 6.07) is 7.54. The molecule has 0 amide bonds. The molecular weight excluding hydrogens is 449 g/mol. The Labute approximate surface area is 204 Å². The highest BCUT2D eigenvalue weighted by molar-refractivity contribution is 5.80. The summed E-state index contributed by atoms with van der Waals surface area (Å²) in [6.45, 7) is 8.60. The monoisotopic (exact) mass is 480 g/mol. The highest BCUT2D eigenvalue weighted by atomic mass is 19.4. The lowest BCUT2D eigenvalue weighted by atomic mass is 9.87. The molecule has 0 N–H and O–H groups in total. The molecular formula is C29H31F3N2O+2. The van der Waals surface area contributed by atoms with E-state index in [2.05, 4.69) is 0 Å². The van der Waals surface area contributed by atoms with Crippen LogP contribution in [0.15, 0.2) is 49.1 Å². The smallest absolute Gasteiger partial charge is 0.303 e. The highest BCUT2D eigenvalue weighted by Gasteiger charge is 2.36. The van der Waals surface area contributed by atoms with Crippen molar-refractivity contribution in [1.29, 1.82) is 0 Å². The minimum atomic E-state index is -4.48. The fourth-order valence-electron chi connectivity index (χ4n) is 4.11. The van der Waals surface area contributed by atoms with E-state index in [1.165, 1.54) is 6.92 Å². The normalized spacial score (nSPS) is 12.1. The van der Waals surface area contributed by atoms with Crippen molar-refractivity contribution in [2.75, 3.05) is 0 Å². The van der Waals surface area contributed by atoms with Crippen LogP contribution in [-0.4, -0.2) is 6.29 Å². The van der Waals surface area contributed by atoms with Crippen molar-refractivity contribution in [2.24, 2.45) is 0 Å². The van der Waals surface area contributed by atoms with E-state index in [9.17, 15) is 18.0 Å². The molecule has 3 aromatic rings. The molecule has 182 valence electrons. The van der Waals surface area contributed by atoms with Crippen molar-refractivity contribution in [3.63, 3.8) is 0 Å². The first-order valence-corrected chi connectivity index (χ1v) is 11.6. The molecule has 0 fully saturated rings. The Kier molecular flexibility index (Phi) is 8.39. The lowest BCUT2D eigenvalue weighted by Gasteiger charge is -2.21. The minimum Gasteiger partial charge on any atom is -0.303 e. The molecule has 2 aromatic heterocycles. The third kappa shape index (κ3) is 6.32. The van der Waals surface area contributed by atoms with Crippen LogP contribution in [0.4, 0.5) is 13.2 Å². The molecule has 35 heavy (non-hydrogen) atoms. The number of pyridine rings is 2. The number of hydrogen-bond acceptors (Lipinski definition) is 1. The molecule has 0 saturated heterocycles. The number of rotatable bonds is 8. The van der Waals surface area contributed by atoms with Crippen molar-refractivity contribution in [3.8, 4) is 0 Å².